The Bertz CT molecular complexity index is 969. The van der Waals surface area contributed by atoms with Crippen molar-refractivity contribution in [3.63, 3.8) is 0 Å². The minimum Gasteiger partial charge on any atom is -0.312 e. The molecule has 0 fully saturated rings. The second-order valence-electron chi connectivity index (χ2n) is 5.15. The predicted molar refractivity (Wildman–Crippen MR) is 98.8 cm³/mol. The van der Waals surface area contributed by atoms with Gasteiger partial charge >= 0.3 is 0 Å². The Balaban J connectivity index is 2.18. The third-order valence-electron chi connectivity index (χ3n) is 3.45. The molecule has 3 aromatic rings. The molecule has 116 valence electrons. The maximum atomic E-state index is 12.5. The minimum absolute atomic E-state index is 0.251. The van der Waals surface area contributed by atoms with Crippen molar-refractivity contribution in [3.8, 4) is 0 Å². The van der Waals surface area contributed by atoms with Crippen LogP contribution in [0.1, 0.15) is 15.9 Å². The lowest BCUT2D eigenvalue weighted by Gasteiger charge is -2.02. The standard InChI is InChI=1S/C18H15BrN2OS/c1-3-10-21-15-9-8-12(2)11-16(15)23-18(21)20-17(22)13-6-4-5-7-14(13)19/h3-9,11H,1,10H2,2H3. The predicted octanol–water partition coefficient (Wildman–Crippen LogP) is 4.70. The molecule has 0 aliphatic heterocycles. The number of aromatic nitrogens is 1. The zero-order chi connectivity index (χ0) is 16.4. The van der Waals surface area contributed by atoms with E-state index in [9.17, 15) is 4.79 Å². The number of rotatable bonds is 3. The van der Waals surface area contributed by atoms with Gasteiger partial charge in [0.25, 0.3) is 5.91 Å². The smallest absolute Gasteiger partial charge is 0.280 e. The van der Waals surface area contributed by atoms with Gasteiger partial charge in [0, 0.05) is 11.0 Å². The molecule has 2 aromatic carbocycles. The molecule has 0 aliphatic rings. The van der Waals surface area contributed by atoms with Crippen molar-refractivity contribution in [2.24, 2.45) is 4.99 Å². The number of allylic oxidation sites excluding steroid dienone is 1. The average Bonchev–Trinajstić information content (AvgIpc) is 2.84. The Labute approximate surface area is 146 Å². The summed E-state index contributed by atoms with van der Waals surface area (Å²) >= 11 is 4.92. The largest absolute Gasteiger partial charge is 0.312 e. The van der Waals surface area contributed by atoms with Gasteiger partial charge in [0.05, 0.1) is 15.8 Å². The highest BCUT2D eigenvalue weighted by Gasteiger charge is 2.10. The van der Waals surface area contributed by atoms with Gasteiger partial charge in [-0.05, 0) is 52.7 Å². The second-order valence-corrected chi connectivity index (χ2v) is 7.02. The van der Waals surface area contributed by atoms with Crippen molar-refractivity contribution in [1.29, 1.82) is 0 Å². The number of thiazole rings is 1. The molecular weight excluding hydrogens is 372 g/mol. The van der Waals surface area contributed by atoms with Crippen LogP contribution >= 0.6 is 27.3 Å². The highest BCUT2D eigenvalue weighted by Crippen LogP contribution is 2.20. The van der Waals surface area contributed by atoms with Gasteiger partial charge in [-0.1, -0.05) is 35.6 Å². The first-order valence-electron chi connectivity index (χ1n) is 7.14. The van der Waals surface area contributed by atoms with Crippen LogP contribution in [0.2, 0.25) is 0 Å². The molecule has 0 N–H and O–H groups in total. The molecule has 23 heavy (non-hydrogen) atoms. The van der Waals surface area contributed by atoms with Crippen LogP contribution in [0, 0.1) is 6.92 Å². The van der Waals surface area contributed by atoms with Gasteiger partial charge < -0.3 is 4.57 Å². The maximum Gasteiger partial charge on any atom is 0.280 e. The minimum atomic E-state index is -0.251. The summed E-state index contributed by atoms with van der Waals surface area (Å²) in [5.74, 6) is -0.251. The highest BCUT2D eigenvalue weighted by atomic mass is 79.9. The molecule has 0 saturated carbocycles. The van der Waals surface area contributed by atoms with Crippen molar-refractivity contribution in [2.75, 3.05) is 0 Å². The van der Waals surface area contributed by atoms with E-state index in [1.165, 1.54) is 16.9 Å². The molecule has 0 unspecified atom stereocenters. The summed E-state index contributed by atoms with van der Waals surface area (Å²) in [5, 5.41) is 0. The summed E-state index contributed by atoms with van der Waals surface area (Å²) in [5.41, 5.74) is 2.82. The summed E-state index contributed by atoms with van der Waals surface area (Å²) < 4.78 is 3.88. The molecule has 3 nitrogen and oxygen atoms in total. The molecule has 0 spiro atoms. The van der Waals surface area contributed by atoms with Gasteiger partial charge in [-0.2, -0.15) is 4.99 Å². The van der Waals surface area contributed by atoms with Crippen LogP contribution in [-0.2, 0) is 6.54 Å². The van der Waals surface area contributed by atoms with Crippen LogP contribution in [0.5, 0.6) is 0 Å². The van der Waals surface area contributed by atoms with E-state index in [1.54, 1.807) is 6.07 Å². The number of halogens is 1. The maximum absolute atomic E-state index is 12.5. The molecule has 5 heteroatoms. The highest BCUT2D eigenvalue weighted by molar-refractivity contribution is 9.10. The van der Waals surface area contributed by atoms with Gasteiger partial charge in [0.1, 0.15) is 0 Å². The molecular formula is C18H15BrN2OS. The van der Waals surface area contributed by atoms with E-state index in [2.05, 4.69) is 52.6 Å². The first-order valence-corrected chi connectivity index (χ1v) is 8.75. The fourth-order valence-corrected chi connectivity index (χ4v) is 3.94. The number of carbonyl (C=O) groups is 1. The summed E-state index contributed by atoms with van der Waals surface area (Å²) in [6.45, 7) is 6.47. The summed E-state index contributed by atoms with van der Waals surface area (Å²) in [6, 6.07) is 13.6. The van der Waals surface area contributed by atoms with E-state index < -0.39 is 0 Å². The molecule has 0 bridgehead atoms. The fraction of sp³-hybridized carbons (Fsp3) is 0.111. The van der Waals surface area contributed by atoms with Crippen molar-refractivity contribution < 1.29 is 4.79 Å². The van der Waals surface area contributed by atoms with Crippen molar-refractivity contribution >= 4 is 43.4 Å². The van der Waals surface area contributed by atoms with Gasteiger partial charge in [-0.3, -0.25) is 4.79 Å². The third kappa shape index (κ3) is 3.21. The van der Waals surface area contributed by atoms with Gasteiger partial charge in [0.15, 0.2) is 4.80 Å². The third-order valence-corrected chi connectivity index (χ3v) is 5.18. The van der Waals surface area contributed by atoms with E-state index in [0.717, 1.165) is 14.7 Å². The lowest BCUT2D eigenvalue weighted by molar-refractivity contribution is 0.0997. The number of aryl methyl sites for hydroxylation is 1. The number of hydrogen-bond acceptors (Lipinski definition) is 2. The molecule has 3 rings (SSSR count). The Kier molecular flexibility index (Phi) is 4.59. The number of carbonyl (C=O) groups excluding carboxylic acids is 1. The lowest BCUT2D eigenvalue weighted by Crippen LogP contribution is -2.16. The Morgan fingerprint density at radius 1 is 1.35 bits per heavy atom. The Hall–Kier alpha value is -1.98. The lowest BCUT2D eigenvalue weighted by atomic mass is 10.2. The van der Waals surface area contributed by atoms with E-state index in [4.69, 9.17) is 0 Å². The van der Waals surface area contributed by atoms with E-state index in [-0.39, 0.29) is 5.91 Å². The van der Waals surface area contributed by atoms with Crippen LogP contribution < -0.4 is 4.80 Å². The van der Waals surface area contributed by atoms with Crippen LogP contribution in [0.15, 0.2) is 64.6 Å². The van der Waals surface area contributed by atoms with Crippen LogP contribution in [0.25, 0.3) is 10.2 Å². The SMILES string of the molecule is C=CCn1c(=NC(=O)c2ccccc2Br)sc2cc(C)ccc21. The Morgan fingerprint density at radius 2 is 2.13 bits per heavy atom. The molecule has 0 atom stereocenters. The second kappa shape index (κ2) is 6.64. The summed E-state index contributed by atoms with van der Waals surface area (Å²) in [7, 11) is 0. The summed E-state index contributed by atoms with van der Waals surface area (Å²) in [4.78, 5) is 17.5. The zero-order valence-corrected chi connectivity index (χ0v) is 15.0. The van der Waals surface area contributed by atoms with Gasteiger partial charge in [0.2, 0.25) is 0 Å². The molecule has 0 radical (unpaired) electrons. The monoisotopic (exact) mass is 386 g/mol. The number of fused-ring (bicyclic) bond motifs is 1. The number of hydrogen-bond donors (Lipinski definition) is 0. The number of nitrogens with zero attached hydrogens (tertiary/aromatic N) is 2. The topological polar surface area (TPSA) is 34.4 Å². The first-order chi connectivity index (χ1) is 11.1. The van der Waals surface area contributed by atoms with Crippen molar-refractivity contribution in [2.45, 2.75) is 13.5 Å². The van der Waals surface area contributed by atoms with Gasteiger partial charge in [-0.15, -0.1) is 6.58 Å². The fourth-order valence-electron chi connectivity index (χ4n) is 2.35. The van der Waals surface area contributed by atoms with Crippen LogP contribution in [0.3, 0.4) is 0 Å². The molecule has 0 aliphatic carbocycles. The van der Waals surface area contributed by atoms with Crippen molar-refractivity contribution in [3.05, 3.63) is 75.5 Å². The summed E-state index contributed by atoms with van der Waals surface area (Å²) in [6.07, 6.45) is 1.81. The first kappa shape index (κ1) is 15.9. The quantitative estimate of drug-likeness (QED) is 0.600. The molecule has 0 saturated heterocycles. The molecule has 1 aromatic heterocycles. The van der Waals surface area contributed by atoms with E-state index in [0.29, 0.717) is 16.9 Å². The van der Waals surface area contributed by atoms with E-state index >= 15 is 0 Å². The van der Waals surface area contributed by atoms with Crippen molar-refractivity contribution in [1.82, 2.24) is 4.57 Å². The van der Waals surface area contributed by atoms with E-state index in [1.807, 2.05) is 28.8 Å². The normalized spacial score (nSPS) is 11.8. The van der Waals surface area contributed by atoms with Crippen LogP contribution in [0.4, 0.5) is 0 Å². The van der Waals surface area contributed by atoms with Crippen LogP contribution in [-0.4, -0.2) is 10.5 Å². The molecule has 1 amide bonds. The Morgan fingerprint density at radius 3 is 2.87 bits per heavy atom. The zero-order valence-electron chi connectivity index (χ0n) is 12.6. The molecule has 1 heterocycles. The average molecular weight is 387 g/mol. The van der Waals surface area contributed by atoms with Gasteiger partial charge in [-0.25, -0.2) is 0 Å². The number of benzene rings is 2. The number of amides is 1.